The molecular weight excluding hydrogens is 1030 g/mol. The van der Waals surface area contributed by atoms with Crippen LogP contribution < -0.4 is 16.0 Å². The van der Waals surface area contributed by atoms with Gasteiger partial charge >= 0.3 is 0 Å². The van der Waals surface area contributed by atoms with E-state index in [4.69, 9.17) is 28.4 Å². The number of ether oxygens (including phenoxy) is 6. The van der Waals surface area contributed by atoms with Gasteiger partial charge < -0.3 is 59.1 Å². The van der Waals surface area contributed by atoms with Gasteiger partial charge in [0.05, 0.1) is 98.9 Å². The van der Waals surface area contributed by atoms with E-state index in [9.17, 15) is 57.5 Å². The molecule has 0 bridgehead atoms. The van der Waals surface area contributed by atoms with Gasteiger partial charge in [0, 0.05) is 134 Å². The SMILES string of the molecule is O=C(CCC(=O)N1CCCN(C(=O)CCC(=O)NCCOCCOCCN2C(=O)C=CC2=O)CCCN(C(=O)CCC(=O)NCCOCCOCCN2C(=O)C=CC2=O)CCC1)NCCOCCOCCN1C(=O)C=CC1=O. The van der Waals surface area contributed by atoms with Crippen LogP contribution in [0.2, 0.25) is 0 Å². The first-order valence-corrected chi connectivity index (χ1v) is 26.4. The molecule has 12 amide bonds. The Balaban J connectivity index is 1.16. The second-order valence-electron chi connectivity index (χ2n) is 17.9. The van der Waals surface area contributed by atoms with Crippen molar-refractivity contribution in [2.75, 3.05) is 158 Å². The topological polar surface area (TPSA) is 316 Å². The fraction of sp³-hybridized carbons (Fsp3) is 0.647. The van der Waals surface area contributed by atoms with Gasteiger partial charge in [-0.2, -0.15) is 0 Å². The number of hydrogen-bond donors (Lipinski definition) is 3. The Bertz CT molecular complexity index is 1860. The first kappa shape index (κ1) is 63.8. The largest absolute Gasteiger partial charge is 0.377 e. The van der Waals surface area contributed by atoms with Crippen molar-refractivity contribution >= 4 is 70.9 Å². The zero-order valence-corrected chi connectivity index (χ0v) is 44.3. The molecule has 0 aromatic carbocycles. The zero-order valence-electron chi connectivity index (χ0n) is 44.3. The number of hydrogen-bond acceptors (Lipinski definition) is 18. The number of imide groups is 3. The summed E-state index contributed by atoms with van der Waals surface area (Å²) in [5, 5.41) is 8.17. The highest BCUT2D eigenvalue weighted by Crippen LogP contribution is 2.11. The van der Waals surface area contributed by atoms with Gasteiger partial charge in [0.1, 0.15) is 0 Å². The molecule has 0 spiro atoms. The minimum atomic E-state index is -0.386. The highest BCUT2D eigenvalue weighted by molar-refractivity contribution is 6.14. The van der Waals surface area contributed by atoms with E-state index in [1.807, 2.05) is 0 Å². The molecular formula is C51H75N9O18. The van der Waals surface area contributed by atoms with E-state index in [1.54, 1.807) is 14.7 Å². The lowest BCUT2D eigenvalue weighted by molar-refractivity contribution is -0.139. The van der Waals surface area contributed by atoms with Crippen LogP contribution in [0, 0.1) is 0 Å². The van der Waals surface area contributed by atoms with Crippen molar-refractivity contribution in [1.29, 1.82) is 0 Å². The Morgan fingerprint density at radius 1 is 0.321 bits per heavy atom. The molecule has 0 aromatic heterocycles. The molecule has 4 aliphatic rings. The van der Waals surface area contributed by atoms with Crippen LogP contribution >= 0.6 is 0 Å². The summed E-state index contributed by atoms with van der Waals surface area (Å²) in [5.41, 5.74) is 0. The molecule has 3 N–H and O–H groups in total. The van der Waals surface area contributed by atoms with Crippen molar-refractivity contribution < 1.29 is 86.0 Å². The Labute approximate surface area is 453 Å². The summed E-state index contributed by atoms with van der Waals surface area (Å²) in [4.78, 5) is 156. The second-order valence-corrected chi connectivity index (χ2v) is 17.9. The predicted molar refractivity (Wildman–Crippen MR) is 273 cm³/mol. The van der Waals surface area contributed by atoms with Crippen LogP contribution in [0.1, 0.15) is 57.8 Å². The molecule has 4 aliphatic heterocycles. The lowest BCUT2D eigenvalue weighted by Gasteiger charge is -2.30. The van der Waals surface area contributed by atoms with Gasteiger partial charge in [-0.25, -0.2) is 0 Å². The maximum absolute atomic E-state index is 13.6. The summed E-state index contributed by atoms with van der Waals surface area (Å²) in [7, 11) is 0. The van der Waals surface area contributed by atoms with E-state index in [0.29, 0.717) is 19.3 Å². The first-order chi connectivity index (χ1) is 37.7. The number of rotatable bonds is 36. The van der Waals surface area contributed by atoms with E-state index in [1.165, 1.54) is 36.5 Å². The minimum Gasteiger partial charge on any atom is -0.377 e. The van der Waals surface area contributed by atoms with Crippen molar-refractivity contribution in [1.82, 2.24) is 45.3 Å². The molecule has 1 fully saturated rings. The molecule has 0 atom stereocenters. The van der Waals surface area contributed by atoms with Crippen LogP contribution in [0.3, 0.4) is 0 Å². The van der Waals surface area contributed by atoms with E-state index in [0.717, 1.165) is 14.7 Å². The summed E-state index contributed by atoms with van der Waals surface area (Å²) >= 11 is 0. The summed E-state index contributed by atoms with van der Waals surface area (Å²) in [6.45, 7) is 4.94. The fourth-order valence-corrected chi connectivity index (χ4v) is 8.02. The third-order valence-electron chi connectivity index (χ3n) is 12.2. The highest BCUT2D eigenvalue weighted by Gasteiger charge is 2.26. The summed E-state index contributed by atoms with van der Waals surface area (Å²) < 4.78 is 32.7. The number of amides is 12. The monoisotopic (exact) mass is 1100 g/mol. The summed E-state index contributed by atoms with van der Waals surface area (Å²) in [6, 6.07) is 0. The van der Waals surface area contributed by atoms with Gasteiger partial charge in [0.25, 0.3) is 35.4 Å². The van der Waals surface area contributed by atoms with Crippen LogP contribution in [0.15, 0.2) is 36.5 Å². The van der Waals surface area contributed by atoms with E-state index in [-0.39, 0.29) is 267 Å². The van der Waals surface area contributed by atoms with E-state index in [2.05, 4.69) is 16.0 Å². The van der Waals surface area contributed by atoms with Crippen molar-refractivity contribution in [3.8, 4) is 0 Å². The maximum Gasteiger partial charge on any atom is 0.253 e. The predicted octanol–water partition coefficient (Wildman–Crippen LogP) is -2.78. The lowest BCUT2D eigenvalue weighted by atomic mass is 10.2. The minimum absolute atomic E-state index is 0.0850. The Morgan fingerprint density at radius 2 is 0.538 bits per heavy atom. The van der Waals surface area contributed by atoms with E-state index >= 15 is 0 Å². The molecule has 4 rings (SSSR count). The zero-order chi connectivity index (χ0) is 56.3. The molecule has 4 heterocycles. The highest BCUT2D eigenvalue weighted by atomic mass is 16.5. The Morgan fingerprint density at radius 3 is 0.769 bits per heavy atom. The third kappa shape index (κ3) is 25.1. The van der Waals surface area contributed by atoms with Crippen molar-refractivity contribution in [3.05, 3.63) is 36.5 Å². The second kappa shape index (κ2) is 37.1. The number of nitrogens with zero attached hydrogens (tertiary/aromatic N) is 6. The molecule has 0 radical (unpaired) electrons. The number of carbonyl (C=O) groups excluding carboxylic acids is 12. The molecule has 0 aromatic rings. The quantitative estimate of drug-likeness (QED) is 0.0422. The molecule has 78 heavy (non-hydrogen) atoms. The van der Waals surface area contributed by atoms with Gasteiger partial charge in [0.2, 0.25) is 35.4 Å². The smallest absolute Gasteiger partial charge is 0.253 e. The van der Waals surface area contributed by atoms with Crippen LogP contribution in [0.5, 0.6) is 0 Å². The molecule has 1 saturated heterocycles. The molecule has 432 valence electrons. The fourth-order valence-electron chi connectivity index (χ4n) is 8.02. The van der Waals surface area contributed by atoms with Gasteiger partial charge in [-0.15, -0.1) is 0 Å². The van der Waals surface area contributed by atoms with Gasteiger partial charge in [-0.05, 0) is 19.3 Å². The van der Waals surface area contributed by atoms with Crippen LogP contribution in [0.25, 0.3) is 0 Å². The first-order valence-electron chi connectivity index (χ1n) is 26.4. The van der Waals surface area contributed by atoms with Gasteiger partial charge in [-0.3, -0.25) is 72.2 Å². The molecule has 27 nitrogen and oxygen atoms in total. The molecule has 0 aliphatic carbocycles. The van der Waals surface area contributed by atoms with Crippen LogP contribution in [-0.4, -0.2) is 258 Å². The molecule has 0 saturated carbocycles. The molecule has 27 heteroatoms. The average molecular weight is 1100 g/mol. The standard InChI is InChI=1S/C51H75N9O18/c61-40(52-16-28-73-34-37-76-31-25-58-46(67)10-11-47(58)68)4-7-43(64)55-19-1-20-56(44(65)8-5-41(62)53-17-29-74-35-38-77-32-26-59-48(69)12-13-49(59)70)22-3-24-57(23-2-21-55)45(66)9-6-42(63)54-18-30-75-36-39-78-33-27-60-50(71)14-15-51(60)72/h10-15H,1-9,16-39H2,(H,52,61)(H,53,62)(H,54,63). The average Bonchev–Trinajstić information content (AvgIpc) is 4.05. The summed E-state index contributed by atoms with van der Waals surface area (Å²) in [5.74, 6) is -4.22. The number of carbonyl (C=O) groups is 12. The normalized spacial score (nSPS) is 16.2. The van der Waals surface area contributed by atoms with E-state index < -0.39 is 0 Å². The van der Waals surface area contributed by atoms with Crippen LogP contribution in [-0.2, 0) is 86.0 Å². The Hall–Kier alpha value is -6.78. The van der Waals surface area contributed by atoms with Crippen molar-refractivity contribution in [3.63, 3.8) is 0 Å². The van der Waals surface area contributed by atoms with Crippen molar-refractivity contribution in [2.24, 2.45) is 0 Å². The van der Waals surface area contributed by atoms with Crippen molar-refractivity contribution in [2.45, 2.75) is 57.8 Å². The lowest BCUT2D eigenvalue weighted by Crippen LogP contribution is -2.42. The van der Waals surface area contributed by atoms with Gasteiger partial charge in [-0.1, -0.05) is 0 Å². The number of nitrogens with one attached hydrogen (secondary N) is 3. The molecule has 0 unspecified atom stereocenters. The van der Waals surface area contributed by atoms with Gasteiger partial charge in [0.15, 0.2) is 0 Å². The Kier molecular flexibility index (Phi) is 30.3. The van der Waals surface area contributed by atoms with Crippen LogP contribution in [0.4, 0.5) is 0 Å². The maximum atomic E-state index is 13.6. The third-order valence-corrected chi connectivity index (χ3v) is 12.2. The summed E-state index contributed by atoms with van der Waals surface area (Å²) in [6.07, 6.45) is 7.97.